The van der Waals surface area contributed by atoms with Crippen LogP contribution in [0.4, 0.5) is 4.39 Å². The van der Waals surface area contributed by atoms with Crippen LogP contribution in [-0.4, -0.2) is 28.4 Å². The van der Waals surface area contributed by atoms with Crippen LogP contribution >= 0.6 is 0 Å². The topological polar surface area (TPSA) is 58.4 Å². The molecule has 1 atom stereocenters. The smallest absolute Gasteiger partial charge is 0.273 e. The van der Waals surface area contributed by atoms with Gasteiger partial charge in [-0.15, -0.1) is 0 Å². The summed E-state index contributed by atoms with van der Waals surface area (Å²) in [6.07, 6.45) is 2.35. The van der Waals surface area contributed by atoms with E-state index in [0.717, 1.165) is 12.0 Å². The quantitative estimate of drug-likeness (QED) is 0.805. The number of carbonyl (C=O) groups is 1. The third-order valence-electron chi connectivity index (χ3n) is 3.97. The predicted octanol–water partition coefficient (Wildman–Crippen LogP) is 3.36. The molecule has 2 aromatic rings. The third-order valence-corrected chi connectivity index (χ3v) is 3.97. The fourth-order valence-electron chi connectivity index (χ4n) is 2.36. The van der Waals surface area contributed by atoms with Gasteiger partial charge in [0.15, 0.2) is 5.69 Å². The number of amides is 1. The van der Waals surface area contributed by atoms with Crippen molar-refractivity contribution < 1.29 is 13.6 Å². The van der Waals surface area contributed by atoms with Crippen LogP contribution in [0.25, 0.3) is 0 Å². The van der Waals surface area contributed by atoms with Gasteiger partial charge < -0.3 is 9.73 Å². The van der Waals surface area contributed by atoms with Crippen LogP contribution in [0.5, 0.6) is 0 Å². The number of halogens is 1. The summed E-state index contributed by atoms with van der Waals surface area (Å²) in [6, 6.07) is 6.78. The molecule has 6 heteroatoms. The molecule has 1 amide bonds. The number of hydrogen-bond acceptors (Lipinski definition) is 4. The fourth-order valence-corrected chi connectivity index (χ4v) is 2.36. The van der Waals surface area contributed by atoms with Crippen molar-refractivity contribution >= 4 is 5.91 Å². The predicted molar refractivity (Wildman–Crippen MR) is 89.9 cm³/mol. The Balaban J connectivity index is 2.08. The SMILES string of the molecule is CCNC(=O)c1coc(CN(Cc2ccc(F)cc2)C(C)CC)n1. The highest BCUT2D eigenvalue weighted by atomic mass is 19.1. The van der Waals surface area contributed by atoms with Gasteiger partial charge in [-0.25, -0.2) is 9.37 Å². The maximum atomic E-state index is 13.1. The van der Waals surface area contributed by atoms with Gasteiger partial charge in [-0.3, -0.25) is 9.69 Å². The van der Waals surface area contributed by atoms with Gasteiger partial charge in [0.2, 0.25) is 5.89 Å². The fraction of sp³-hybridized carbons (Fsp3) is 0.444. The van der Waals surface area contributed by atoms with Gasteiger partial charge in [-0.2, -0.15) is 0 Å². The second kappa shape index (κ2) is 8.59. The first-order chi connectivity index (χ1) is 11.5. The molecule has 0 fully saturated rings. The summed E-state index contributed by atoms with van der Waals surface area (Å²) in [6.45, 7) is 7.78. The van der Waals surface area contributed by atoms with E-state index < -0.39 is 0 Å². The lowest BCUT2D eigenvalue weighted by Crippen LogP contribution is -2.31. The van der Waals surface area contributed by atoms with Crippen molar-refractivity contribution in [2.24, 2.45) is 0 Å². The third kappa shape index (κ3) is 4.89. The summed E-state index contributed by atoms with van der Waals surface area (Å²) in [5.41, 5.74) is 1.31. The summed E-state index contributed by atoms with van der Waals surface area (Å²) in [5, 5.41) is 2.70. The van der Waals surface area contributed by atoms with Crippen molar-refractivity contribution in [1.29, 1.82) is 0 Å². The van der Waals surface area contributed by atoms with Crippen molar-refractivity contribution in [2.45, 2.75) is 46.3 Å². The Hall–Kier alpha value is -2.21. The van der Waals surface area contributed by atoms with E-state index in [2.05, 4.69) is 29.0 Å². The van der Waals surface area contributed by atoms with E-state index in [9.17, 15) is 9.18 Å². The molecule has 0 saturated carbocycles. The van der Waals surface area contributed by atoms with Crippen LogP contribution in [0, 0.1) is 5.82 Å². The number of oxazole rings is 1. The molecule has 130 valence electrons. The van der Waals surface area contributed by atoms with Gasteiger partial charge in [-0.1, -0.05) is 19.1 Å². The van der Waals surface area contributed by atoms with Crippen molar-refractivity contribution in [3.63, 3.8) is 0 Å². The number of nitrogens with one attached hydrogen (secondary N) is 1. The van der Waals surface area contributed by atoms with Crippen LogP contribution in [-0.2, 0) is 13.1 Å². The average Bonchev–Trinajstić information content (AvgIpc) is 3.04. The number of carbonyl (C=O) groups excluding carboxylic acids is 1. The van der Waals surface area contributed by atoms with Crippen molar-refractivity contribution in [1.82, 2.24) is 15.2 Å². The minimum Gasteiger partial charge on any atom is -0.447 e. The highest BCUT2D eigenvalue weighted by Gasteiger charge is 2.18. The second-order valence-electron chi connectivity index (χ2n) is 5.77. The van der Waals surface area contributed by atoms with E-state index in [1.807, 2.05) is 6.92 Å². The maximum absolute atomic E-state index is 13.1. The molecule has 1 aromatic heterocycles. The van der Waals surface area contributed by atoms with E-state index in [0.29, 0.717) is 31.6 Å². The molecule has 1 N–H and O–H groups in total. The van der Waals surface area contributed by atoms with Crippen LogP contribution in [0.3, 0.4) is 0 Å². The highest BCUT2D eigenvalue weighted by molar-refractivity contribution is 5.91. The highest BCUT2D eigenvalue weighted by Crippen LogP contribution is 2.15. The average molecular weight is 333 g/mol. The lowest BCUT2D eigenvalue weighted by molar-refractivity contribution is 0.0950. The molecule has 0 bridgehead atoms. The second-order valence-corrected chi connectivity index (χ2v) is 5.77. The van der Waals surface area contributed by atoms with E-state index in [1.54, 1.807) is 12.1 Å². The monoisotopic (exact) mass is 333 g/mol. The number of rotatable bonds is 8. The molecule has 1 aromatic carbocycles. The van der Waals surface area contributed by atoms with Gasteiger partial charge in [0, 0.05) is 19.1 Å². The Morgan fingerprint density at radius 3 is 2.62 bits per heavy atom. The molecule has 0 aliphatic heterocycles. The van der Waals surface area contributed by atoms with Gasteiger partial charge in [0.1, 0.15) is 12.1 Å². The number of nitrogens with zero attached hydrogens (tertiary/aromatic N) is 2. The first kappa shape index (κ1) is 18.1. The summed E-state index contributed by atoms with van der Waals surface area (Å²) in [7, 11) is 0. The van der Waals surface area contributed by atoms with Crippen LogP contribution in [0.1, 0.15) is 49.1 Å². The van der Waals surface area contributed by atoms with Gasteiger partial charge in [0.25, 0.3) is 5.91 Å². The lowest BCUT2D eigenvalue weighted by atomic mass is 10.1. The first-order valence-corrected chi connectivity index (χ1v) is 8.24. The largest absolute Gasteiger partial charge is 0.447 e. The Labute approximate surface area is 141 Å². The van der Waals surface area contributed by atoms with Gasteiger partial charge in [-0.05, 0) is 38.0 Å². The van der Waals surface area contributed by atoms with E-state index in [-0.39, 0.29) is 17.4 Å². The van der Waals surface area contributed by atoms with Crippen LogP contribution in [0.15, 0.2) is 34.9 Å². The van der Waals surface area contributed by atoms with Crippen molar-refractivity contribution in [2.75, 3.05) is 6.54 Å². The summed E-state index contributed by atoms with van der Waals surface area (Å²) >= 11 is 0. The molecule has 0 radical (unpaired) electrons. The Morgan fingerprint density at radius 2 is 2.00 bits per heavy atom. The van der Waals surface area contributed by atoms with E-state index in [1.165, 1.54) is 18.4 Å². The standard InChI is InChI=1S/C18H24FN3O2/c1-4-13(3)22(10-14-6-8-15(19)9-7-14)11-17-21-16(12-24-17)18(23)20-5-2/h6-9,12-13H,4-5,10-11H2,1-3H3,(H,20,23). The van der Waals surface area contributed by atoms with Gasteiger partial charge >= 0.3 is 0 Å². The Kier molecular flexibility index (Phi) is 6.49. The zero-order valence-electron chi connectivity index (χ0n) is 14.4. The normalized spacial score (nSPS) is 12.4. The molecular weight excluding hydrogens is 309 g/mol. The molecule has 0 aliphatic carbocycles. The molecule has 0 spiro atoms. The molecular formula is C18H24FN3O2. The van der Waals surface area contributed by atoms with E-state index >= 15 is 0 Å². The Morgan fingerprint density at radius 1 is 1.29 bits per heavy atom. The van der Waals surface area contributed by atoms with Gasteiger partial charge in [0.05, 0.1) is 6.54 Å². The summed E-state index contributed by atoms with van der Waals surface area (Å²) in [4.78, 5) is 18.2. The molecule has 1 heterocycles. The molecule has 2 rings (SSSR count). The zero-order valence-corrected chi connectivity index (χ0v) is 14.4. The minimum atomic E-state index is -0.242. The van der Waals surface area contributed by atoms with Crippen molar-refractivity contribution in [3.8, 4) is 0 Å². The molecule has 5 nitrogen and oxygen atoms in total. The Bertz CT molecular complexity index is 655. The number of hydrogen-bond donors (Lipinski definition) is 1. The minimum absolute atomic E-state index is 0.235. The van der Waals surface area contributed by atoms with Crippen molar-refractivity contribution in [3.05, 3.63) is 53.5 Å². The van der Waals surface area contributed by atoms with Crippen LogP contribution in [0.2, 0.25) is 0 Å². The lowest BCUT2D eigenvalue weighted by Gasteiger charge is -2.27. The first-order valence-electron chi connectivity index (χ1n) is 8.24. The number of aromatic nitrogens is 1. The maximum Gasteiger partial charge on any atom is 0.273 e. The molecule has 1 unspecified atom stereocenters. The summed E-state index contributed by atoms with van der Waals surface area (Å²) < 4.78 is 18.5. The van der Waals surface area contributed by atoms with Crippen LogP contribution < -0.4 is 5.32 Å². The van der Waals surface area contributed by atoms with E-state index in [4.69, 9.17) is 4.42 Å². The molecule has 24 heavy (non-hydrogen) atoms. The molecule has 0 aliphatic rings. The zero-order chi connectivity index (χ0) is 17.5. The molecule has 0 saturated heterocycles. The summed E-state index contributed by atoms with van der Waals surface area (Å²) in [5.74, 6) is 0.0212. The number of benzene rings is 1.